The Morgan fingerprint density at radius 1 is 1.12 bits per heavy atom. The summed E-state index contributed by atoms with van der Waals surface area (Å²) in [5.41, 5.74) is 1.05. The summed E-state index contributed by atoms with van der Waals surface area (Å²) in [6.07, 6.45) is -3.45. The Hall–Kier alpha value is -3.37. The summed E-state index contributed by atoms with van der Waals surface area (Å²) in [7, 11) is 1.78. The molecule has 11 heteroatoms. The van der Waals surface area contributed by atoms with Gasteiger partial charge >= 0.3 is 6.18 Å². The van der Waals surface area contributed by atoms with E-state index < -0.39 is 12.0 Å². The van der Waals surface area contributed by atoms with Gasteiger partial charge in [0.25, 0.3) is 5.82 Å². The van der Waals surface area contributed by atoms with Crippen LogP contribution in [0, 0.1) is 5.92 Å². The van der Waals surface area contributed by atoms with E-state index in [2.05, 4.69) is 15.3 Å². The molecule has 176 valence electrons. The Kier molecular flexibility index (Phi) is 6.39. The lowest BCUT2D eigenvalue weighted by atomic mass is 9.95. The molecule has 0 atom stereocenters. The lowest BCUT2D eigenvalue weighted by Crippen LogP contribution is -2.41. The van der Waals surface area contributed by atoms with Crippen LogP contribution < -0.4 is 9.64 Å². The van der Waals surface area contributed by atoms with Crippen molar-refractivity contribution in [1.29, 1.82) is 0 Å². The zero-order valence-corrected chi connectivity index (χ0v) is 18.4. The van der Waals surface area contributed by atoms with Gasteiger partial charge in [0.05, 0.1) is 6.61 Å². The minimum absolute atomic E-state index is 0.0343. The number of carbonyl (C=O) groups excluding carboxylic acids is 1. The third kappa shape index (κ3) is 5.01. The van der Waals surface area contributed by atoms with Crippen LogP contribution >= 0.6 is 0 Å². The molecule has 33 heavy (non-hydrogen) atoms. The maximum atomic E-state index is 13.1. The van der Waals surface area contributed by atoms with Crippen molar-refractivity contribution in [3.63, 3.8) is 0 Å². The molecule has 1 amide bonds. The van der Waals surface area contributed by atoms with Crippen LogP contribution in [0.2, 0.25) is 0 Å². The first-order chi connectivity index (χ1) is 15.8. The SMILES string of the molecule is CCOc1ccc(CN(C)C(=O)C2CCN(c3ccc4nnc(C(F)(F)F)n4n3)CC2)cc1. The molecule has 0 aliphatic carbocycles. The van der Waals surface area contributed by atoms with E-state index in [1.54, 1.807) is 18.0 Å². The molecule has 1 aliphatic rings. The highest BCUT2D eigenvalue weighted by Crippen LogP contribution is 2.29. The van der Waals surface area contributed by atoms with Gasteiger partial charge in [-0.25, -0.2) is 0 Å². The van der Waals surface area contributed by atoms with Crippen molar-refractivity contribution in [2.45, 2.75) is 32.5 Å². The van der Waals surface area contributed by atoms with Gasteiger partial charge in [-0.2, -0.15) is 17.7 Å². The summed E-state index contributed by atoms with van der Waals surface area (Å²) in [6.45, 7) is 4.07. The van der Waals surface area contributed by atoms with Crippen molar-refractivity contribution in [3.05, 3.63) is 47.8 Å². The lowest BCUT2D eigenvalue weighted by molar-refractivity contribution is -0.146. The van der Waals surface area contributed by atoms with Gasteiger partial charge in [-0.1, -0.05) is 12.1 Å². The highest BCUT2D eigenvalue weighted by Gasteiger charge is 2.38. The van der Waals surface area contributed by atoms with Gasteiger partial charge in [0.15, 0.2) is 5.65 Å². The number of piperidine rings is 1. The number of amides is 1. The van der Waals surface area contributed by atoms with Gasteiger partial charge < -0.3 is 14.5 Å². The van der Waals surface area contributed by atoms with Crippen LogP contribution in [0.3, 0.4) is 0 Å². The molecule has 8 nitrogen and oxygen atoms in total. The number of aromatic nitrogens is 4. The van der Waals surface area contributed by atoms with E-state index in [0.29, 0.717) is 44.9 Å². The number of halogens is 3. The molecular weight excluding hydrogens is 437 g/mol. The number of rotatable bonds is 6. The lowest BCUT2D eigenvalue weighted by Gasteiger charge is -2.33. The van der Waals surface area contributed by atoms with Crippen LogP contribution in [-0.2, 0) is 17.5 Å². The molecule has 0 spiro atoms. The van der Waals surface area contributed by atoms with Crippen LogP contribution in [0.5, 0.6) is 5.75 Å². The number of hydrogen-bond acceptors (Lipinski definition) is 6. The van der Waals surface area contributed by atoms with Gasteiger partial charge in [0.2, 0.25) is 5.91 Å². The van der Waals surface area contributed by atoms with Gasteiger partial charge in [0.1, 0.15) is 11.6 Å². The van der Waals surface area contributed by atoms with E-state index in [4.69, 9.17) is 4.74 Å². The zero-order valence-electron chi connectivity index (χ0n) is 18.4. The molecule has 1 aliphatic heterocycles. The van der Waals surface area contributed by atoms with Gasteiger partial charge in [-0.3, -0.25) is 4.79 Å². The van der Waals surface area contributed by atoms with Crippen LogP contribution in [0.4, 0.5) is 19.0 Å². The fourth-order valence-corrected chi connectivity index (χ4v) is 4.00. The molecule has 1 saturated heterocycles. The number of fused-ring (bicyclic) bond motifs is 1. The van der Waals surface area contributed by atoms with E-state index >= 15 is 0 Å². The number of anilines is 1. The number of hydrogen-bond donors (Lipinski definition) is 0. The smallest absolute Gasteiger partial charge is 0.453 e. The quantitative estimate of drug-likeness (QED) is 0.559. The monoisotopic (exact) mass is 462 g/mol. The number of benzene rings is 1. The number of carbonyl (C=O) groups is 1. The summed E-state index contributed by atoms with van der Waals surface area (Å²) in [5, 5.41) is 10.8. The Balaban J connectivity index is 1.36. The van der Waals surface area contributed by atoms with E-state index in [0.717, 1.165) is 15.8 Å². The summed E-state index contributed by atoms with van der Waals surface area (Å²) >= 11 is 0. The molecule has 2 aromatic heterocycles. The number of nitrogens with zero attached hydrogens (tertiary/aromatic N) is 6. The van der Waals surface area contributed by atoms with Crippen LogP contribution in [0.1, 0.15) is 31.2 Å². The first-order valence-corrected chi connectivity index (χ1v) is 10.8. The minimum Gasteiger partial charge on any atom is -0.494 e. The fourth-order valence-electron chi connectivity index (χ4n) is 4.00. The molecule has 1 aromatic carbocycles. The molecule has 1 fully saturated rings. The zero-order chi connectivity index (χ0) is 23.6. The summed E-state index contributed by atoms with van der Waals surface area (Å²) < 4.78 is 45.5. The highest BCUT2D eigenvalue weighted by atomic mass is 19.4. The standard InChI is InChI=1S/C22H25F3N6O2/c1-3-33-17-6-4-15(5-7-17)14-29(2)20(32)16-10-12-30(13-11-16)19-9-8-18-26-27-21(22(23,24)25)31(18)28-19/h4-9,16H,3,10-14H2,1-2H3. The van der Waals surface area contributed by atoms with E-state index in [1.807, 2.05) is 36.1 Å². The predicted molar refractivity (Wildman–Crippen MR) is 115 cm³/mol. The third-order valence-corrected chi connectivity index (χ3v) is 5.70. The van der Waals surface area contributed by atoms with E-state index in [-0.39, 0.29) is 17.5 Å². The average molecular weight is 462 g/mol. The normalized spacial score (nSPS) is 15.1. The second kappa shape index (κ2) is 9.24. The van der Waals surface area contributed by atoms with Crippen molar-refractivity contribution < 1.29 is 22.7 Å². The molecule has 3 aromatic rings. The molecule has 3 heterocycles. The van der Waals surface area contributed by atoms with Crippen LogP contribution in [0.25, 0.3) is 5.65 Å². The topological polar surface area (TPSA) is 75.9 Å². The summed E-state index contributed by atoms with van der Waals surface area (Å²) in [5.74, 6) is -0.0339. The number of ether oxygens (including phenoxy) is 1. The second-order valence-electron chi connectivity index (χ2n) is 8.02. The van der Waals surface area contributed by atoms with Crippen molar-refractivity contribution in [2.75, 3.05) is 31.6 Å². The largest absolute Gasteiger partial charge is 0.494 e. The molecule has 0 N–H and O–H groups in total. The molecule has 0 bridgehead atoms. The minimum atomic E-state index is -4.64. The Morgan fingerprint density at radius 3 is 2.45 bits per heavy atom. The maximum Gasteiger partial charge on any atom is 0.453 e. The van der Waals surface area contributed by atoms with Gasteiger partial charge in [-0.05, 0) is 49.6 Å². The van der Waals surface area contributed by atoms with Crippen molar-refractivity contribution >= 4 is 17.4 Å². The number of alkyl halides is 3. The molecule has 0 unspecified atom stereocenters. The molecule has 0 saturated carbocycles. The van der Waals surface area contributed by atoms with Crippen LogP contribution in [-0.4, -0.2) is 57.4 Å². The maximum absolute atomic E-state index is 13.1. The Labute approximate surface area is 189 Å². The highest BCUT2D eigenvalue weighted by molar-refractivity contribution is 5.79. The molecular formula is C22H25F3N6O2. The van der Waals surface area contributed by atoms with Gasteiger partial charge in [-0.15, -0.1) is 15.3 Å². The average Bonchev–Trinajstić information content (AvgIpc) is 3.24. The van der Waals surface area contributed by atoms with Crippen molar-refractivity contribution in [3.8, 4) is 5.75 Å². The molecule has 0 radical (unpaired) electrons. The van der Waals surface area contributed by atoms with E-state index in [1.165, 1.54) is 6.07 Å². The Bertz CT molecular complexity index is 1110. The fraction of sp³-hybridized carbons (Fsp3) is 0.455. The molecule has 4 rings (SSSR count). The van der Waals surface area contributed by atoms with Crippen molar-refractivity contribution in [1.82, 2.24) is 24.7 Å². The first kappa shape index (κ1) is 22.8. The first-order valence-electron chi connectivity index (χ1n) is 10.8. The second-order valence-corrected chi connectivity index (χ2v) is 8.02. The van der Waals surface area contributed by atoms with E-state index in [9.17, 15) is 18.0 Å². The van der Waals surface area contributed by atoms with Gasteiger partial charge in [0, 0.05) is 32.6 Å². The van der Waals surface area contributed by atoms with Crippen molar-refractivity contribution in [2.24, 2.45) is 5.92 Å². The Morgan fingerprint density at radius 2 is 1.82 bits per heavy atom. The third-order valence-electron chi connectivity index (χ3n) is 5.70. The summed E-state index contributed by atoms with van der Waals surface area (Å²) in [4.78, 5) is 16.5. The predicted octanol–water partition coefficient (Wildman–Crippen LogP) is 3.42. The summed E-state index contributed by atoms with van der Waals surface area (Å²) in [6, 6.07) is 10.8. The van der Waals surface area contributed by atoms with Crippen LogP contribution in [0.15, 0.2) is 36.4 Å².